The SMILES string of the molecule is CS(=O)(=O)CCS(=O)(=O)NCCSc1nonc1C(Cc1ccc(F)c(C(F)F)c1)=NO. The largest absolute Gasteiger partial charge is 0.411 e. The van der Waals surface area contributed by atoms with E-state index in [-0.39, 0.29) is 40.7 Å². The van der Waals surface area contributed by atoms with Gasteiger partial charge < -0.3 is 5.21 Å². The molecule has 178 valence electrons. The van der Waals surface area contributed by atoms with Gasteiger partial charge in [0, 0.05) is 25.0 Å². The number of nitrogens with zero attached hydrogens (tertiary/aromatic N) is 3. The van der Waals surface area contributed by atoms with Crippen molar-refractivity contribution in [3.05, 3.63) is 40.8 Å². The second-order valence-corrected chi connectivity index (χ2v) is 11.8. The summed E-state index contributed by atoms with van der Waals surface area (Å²) in [6, 6.07) is 3.06. The second-order valence-electron chi connectivity index (χ2n) is 6.49. The minimum atomic E-state index is -3.80. The van der Waals surface area contributed by atoms with Gasteiger partial charge in [0.05, 0.1) is 17.1 Å². The molecular formula is C16H19F3N4O6S3. The van der Waals surface area contributed by atoms with Gasteiger partial charge in [-0.1, -0.05) is 23.0 Å². The van der Waals surface area contributed by atoms with Crippen LogP contribution in [0.1, 0.15) is 23.2 Å². The van der Waals surface area contributed by atoms with Crippen molar-refractivity contribution in [1.29, 1.82) is 0 Å². The van der Waals surface area contributed by atoms with Crippen molar-refractivity contribution in [2.24, 2.45) is 5.16 Å². The van der Waals surface area contributed by atoms with Gasteiger partial charge in [0.15, 0.2) is 10.7 Å². The molecule has 0 aliphatic carbocycles. The first-order valence-corrected chi connectivity index (χ1v) is 13.5. The maximum absolute atomic E-state index is 13.5. The Balaban J connectivity index is 1.99. The number of oxime groups is 1. The Hall–Kier alpha value is -2.17. The molecule has 2 aromatic rings. The predicted molar refractivity (Wildman–Crippen MR) is 110 cm³/mol. The van der Waals surface area contributed by atoms with E-state index >= 15 is 0 Å². The molecule has 2 rings (SSSR count). The summed E-state index contributed by atoms with van der Waals surface area (Å²) in [5, 5.41) is 19.8. The molecule has 1 aromatic heterocycles. The highest BCUT2D eigenvalue weighted by atomic mass is 32.2. The maximum Gasteiger partial charge on any atom is 0.266 e. The minimum absolute atomic E-state index is 0.000329. The number of halogens is 3. The van der Waals surface area contributed by atoms with E-state index in [1.165, 1.54) is 6.07 Å². The smallest absolute Gasteiger partial charge is 0.266 e. The molecule has 0 unspecified atom stereocenters. The van der Waals surface area contributed by atoms with Crippen molar-refractivity contribution in [3.8, 4) is 0 Å². The third-order valence-corrected chi connectivity index (χ3v) is 7.44. The minimum Gasteiger partial charge on any atom is -0.411 e. The molecule has 1 heterocycles. The molecule has 0 amide bonds. The molecule has 10 nitrogen and oxygen atoms in total. The highest BCUT2D eigenvalue weighted by molar-refractivity contribution is 7.99. The first-order valence-electron chi connectivity index (χ1n) is 8.80. The highest BCUT2D eigenvalue weighted by Gasteiger charge is 2.21. The number of sulfonamides is 1. The molecular weight excluding hydrogens is 497 g/mol. The first-order chi connectivity index (χ1) is 14.9. The van der Waals surface area contributed by atoms with Crippen molar-refractivity contribution in [2.45, 2.75) is 17.9 Å². The molecule has 0 saturated carbocycles. The van der Waals surface area contributed by atoms with Gasteiger partial charge >= 0.3 is 0 Å². The van der Waals surface area contributed by atoms with Crippen LogP contribution >= 0.6 is 11.8 Å². The van der Waals surface area contributed by atoms with Crippen LogP contribution in [0, 0.1) is 5.82 Å². The summed E-state index contributed by atoms with van der Waals surface area (Å²) in [7, 11) is -7.23. The Morgan fingerprint density at radius 2 is 1.97 bits per heavy atom. The third kappa shape index (κ3) is 8.07. The number of sulfone groups is 1. The van der Waals surface area contributed by atoms with E-state index in [9.17, 15) is 35.2 Å². The second kappa shape index (κ2) is 11.1. The van der Waals surface area contributed by atoms with Gasteiger partial charge in [-0.25, -0.2) is 39.4 Å². The summed E-state index contributed by atoms with van der Waals surface area (Å²) in [4.78, 5) is 0. The molecule has 16 heteroatoms. The van der Waals surface area contributed by atoms with Gasteiger partial charge in [-0.15, -0.1) is 0 Å². The van der Waals surface area contributed by atoms with E-state index in [0.717, 1.165) is 30.2 Å². The lowest BCUT2D eigenvalue weighted by Crippen LogP contribution is -2.31. The number of aromatic nitrogens is 2. The molecule has 0 atom stereocenters. The fourth-order valence-electron chi connectivity index (χ4n) is 2.36. The van der Waals surface area contributed by atoms with Gasteiger partial charge in [0.25, 0.3) is 6.43 Å². The number of alkyl halides is 2. The van der Waals surface area contributed by atoms with E-state index in [0.29, 0.717) is 0 Å². The average molecular weight is 517 g/mol. The Kier molecular flexibility index (Phi) is 9.06. The van der Waals surface area contributed by atoms with E-state index in [1.54, 1.807) is 0 Å². The topological polar surface area (TPSA) is 152 Å². The van der Waals surface area contributed by atoms with E-state index in [4.69, 9.17) is 0 Å². The van der Waals surface area contributed by atoms with Crippen molar-refractivity contribution in [2.75, 3.05) is 30.1 Å². The highest BCUT2D eigenvalue weighted by Crippen LogP contribution is 2.25. The fraction of sp³-hybridized carbons (Fsp3) is 0.438. The lowest BCUT2D eigenvalue weighted by Gasteiger charge is -2.07. The normalized spacial score (nSPS) is 13.1. The van der Waals surface area contributed by atoms with Crippen LogP contribution in [0.15, 0.2) is 33.0 Å². The van der Waals surface area contributed by atoms with Gasteiger partial charge in [0.1, 0.15) is 21.4 Å². The summed E-state index contributed by atoms with van der Waals surface area (Å²) in [5.74, 6) is -2.01. The van der Waals surface area contributed by atoms with Crippen molar-refractivity contribution in [1.82, 2.24) is 15.0 Å². The summed E-state index contributed by atoms with van der Waals surface area (Å²) >= 11 is 0.998. The summed E-state index contributed by atoms with van der Waals surface area (Å²) in [5.41, 5.74) is -0.655. The zero-order valence-corrected chi connectivity index (χ0v) is 19.0. The zero-order valence-electron chi connectivity index (χ0n) is 16.5. The molecule has 0 fully saturated rings. The number of thioether (sulfide) groups is 1. The van der Waals surface area contributed by atoms with E-state index in [2.05, 4.69) is 24.8 Å². The van der Waals surface area contributed by atoms with Crippen LogP contribution < -0.4 is 4.72 Å². The van der Waals surface area contributed by atoms with Crippen LogP contribution in [-0.2, 0) is 26.3 Å². The van der Waals surface area contributed by atoms with Crippen LogP contribution in [0.5, 0.6) is 0 Å². The first kappa shape index (κ1) is 26.1. The van der Waals surface area contributed by atoms with Gasteiger partial charge in [-0.2, -0.15) is 0 Å². The molecule has 1 aromatic carbocycles. The lowest BCUT2D eigenvalue weighted by atomic mass is 10.0. The number of rotatable bonds is 12. The molecule has 0 aliphatic heterocycles. The van der Waals surface area contributed by atoms with Crippen LogP contribution in [0.3, 0.4) is 0 Å². The quantitative estimate of drug-likeness (QED) is 0.141. The van der Waals surface area contributed by atoms with Crippen LogP contribution in [0.25, 0.3) is 0 Å². The van der Waals surface area contributed by atoms with Crippen LogP contribution in [0.4, 0.5) is 13.2 Å². The van der Waals surface area contributed by atoms with Crippen LogP contribution in [-0.4, -0.2) is 68.1 Å². The molecule has 0 aliphatic rings. The number of hydrogen-bond donors (Lipinski definition) is 2. The molecule has 0 spiro atoms. The Labute approximate surface area is 186 Å². The zero-order chi connectivity index (χ0) is 23.9. The van der Waals surface area contributed by atoms with Crippen molar-refractivity contribution >= 4 is 37.3 Å². The molecule has 0 bridgehead atoms. The van der Waals surface area contributed by atoms with Gasteiger partial charge in [0.2, 0.25) is 10.0 Å². The average Bonchev–Trinajstić information content (AvgIpc) is 3.17. The molecule has 32 heavy (non-hydrogen) atoms. The number of hydrogen-bond acceptors (Lipinski definition) is 10. The molecule has 0 saturated heterocycles. The standard InChI is InChI=1S/C16H19F3N4O6S3/c1-31(25,26)6-7-32(27,28)20-4-5-30-16-14(22-29-23-16)13(21-24)9-10-2-3-12(17)11(8-10)15(18)19/h2-3,8,15,20,24H,4-7,9H2,1H3. The van der Waals surface area contributed by atoms with E-state index < -0.39 is 49.2 Å². The van der Waals surface area contributed by atoms with Gasteiger partial charge in [-0.05, 0) is 28.0 Å². The third-order valence-electron chi connectivity index (χ3n) is 3.91. The van der Waals surface area contributed by atoms with Crippen molar-refractivity contribution < 1.29 is 39.8 Å². The summed E-state index contributed by atoms with van der Waals surface area (Å²) in [6.45, 7) is -0.0651. The maximum atomic E-state index is 13.5. The predicted octanol–water partition coefficient (Wildman–Crippen LogP) is 1.62. The Morgan fingerprint density at radius 1 is 1.25 bits per heavy atom. The lowest BCUT2D eigenvalue weighted by molar-refractivity contribution is 0.146. The Bertz CT molecular complexity index is 1170. The van der Waals surface area contributed by atoms with Crippen LogP contribution in [0.2, 0.25) is 0 Å². The van der Waals surface area contributed by atoms with E-state index in [1.807, 2.05) is 0 Å². The molecule has 2 N–H and O–H groups in total. The Morgan fingerprint density at radius 3 is 2.59 bits per heavy atom. The number of nitrogens with one attached hydrogen (secondary N) is 1. The monoisotopic (exact) mass is 516 g/mol. The summed E-state index contributed by atoms with van der Waals surface area (Å²) < 4.78 is 91.9. The van der Waals surface area contributed by atoms with Gasteiger partial charge in [-0.3, -0.25) is 0 Å². The fourth-order valence-corrected chi connectivity index (χ4v) is 5.91. The van der Waals surface area contributed by atoms with Crippen molar-refractivity contribution in [3.63, 3.8) is 0 Å². The number of benzene rings is 1. The summed E-state index contributed by atoms with van der Waals surface area (Å²) in [6.07, 6.45) is -2.28. The molecule has 0 radical (unpaired) electrons.